The predicted molar refractivity (Wildman–Crippen MR) is 76.7 cm³/mol. The van der Waals surface area contributed by atoms with Gasteiger partial charge in [0.1, 0.15) is 0 Å². The average molecular weight is 260 g/mol. The van der Waals surface area contributed by atoms with Crippen molar-refractivity contribution in [2.24, 2.45) is 5.73 Å². The number of rotatable bonds is 6. The summed E-state index contributed by atoms with van der Waals surface area (Å²) in [6.45, 7) is 9.28. The van der Waals surface area contributed by atoms with Crippen LogP contribution in [0.2, 0.25) is 0 Å². The van der Waals surface area contributed by atoms with Crippen molar-refractivity contribution < 1.29 is 4.74 Å². The minimum atomic E-state index is -0.0371. The van der Waals surface area contributed by atoms with Crippen LogP contribution < -0.4 is 5.73 Å². The molecule has 1 saturated heterocycles. The van der Waals surface area contributed by atoms with E-state index in [1.54, 1.807) is 0 Å². The van der Waals surface area contributed by atoms with Crippen LogP contribution in [0.5, 0.6) is 0 Å². The van der Waals surface area contributed by atoms with E-state index in [4.69, 9.17) is 10.5 Å². The van der Waals surface area contributed by atoms with Crippen molar-refractivity contribution in [3.05, 3.63) is 0 Å². The summed E-state index contributed by atoms with van der Waals surface area (Å²) in [5, 5.41) is 0. The van der Waals surface area contributed by atoms with Crippen LogP contribution in [0, 0.1) is 0 Å². The highest BCUT2D eigenvalue weighted by Gasteiger charge is 2.33. The van der Waals surface area contributed by atoms with Gasteiger partial charge in [-0.2, -0.15) is 11.8 Å². The van der Waals surface area contributed by atoms with Gasteiger partial charge in [-0.1, -0.05) is 0 Å². The predicted octanol–water partition coefficient (Wildman–Crippen LogP) is 1.96. The molecule has 17 heavy (non-hydrogen) atoms. The molecule has 0 spiro atoms. The second-order valence-electron chi connectivity index (χ2n) is 5.64. The summed E-state index contributed by atoms with van der Waals surface area (Å²) in [6, 6.07) is 0.521. The highest BCUT2D eigenvalue weighted by Crippen LogP contribution is 2.23. The summed E-state index contributed by atoms with van der Waals surface area (Å²) in [5.74, 6) is 1.24. The van der Waals surface area contributed by atoms with Crippen LogP contribution in [0.1, 0.15) is 33.6 Å². The van der Waals surface area contributed by atoms with E-state index in [-0.39, 0.29) is 5.60 Å². The third kappa shape index (κ3) is 5.16. The van der Waals surface area contributed by atoms with Crippen molar-refractivity contribution in [3.8, 4) is 0 Å². The smallest absolute Gasteiger partial charge is 0.0757 e. The van der Waals surface area contributed by atoms with Gasteiger partial charge in [0, 0.05) is 25.7 Å². The van der Waals surface area contributed by atoms with E-state index in [0.29, 0.717) is 12.1 Å². The Balaban J connectivity index is 2.49. The van der Waals surface area contributed by atoms with E-state index in [2.05, 4.69) is 31.9 Å². The van der Waals surface area contributed by atoms with E-state index in [1.165, 1.54) is 18.6 Å². The maximum Gasteiger partial charge on any atom is 0.0757 e. The summed E-state index contributed by atoms with van der Waals surface area (Å²) in [6.07, 6.45) is 4.94. The Bertz CT molecular complexity index is 223. The summed E-state index contributed by atoms with van der Waals surface area (Å²) < 4.78 is 5.94. The molecule has 1 aliphatic heterocycles. The molecule has 0 saturated carbocycles. The van der Waals surface area contributed by atoms with Gasteiger partial charge < -0.3 is 10.5 Å². The van der Waals surface area contributed by atoms with Crippen LogP contribution in [0.15, 0.2) is 0 Å². The molecule has 1 rings (SSSR count). The minimum absolute atomic E-state index is 0.0371. The zero-order valence-electron chi connectivity index (χ0n) is 11.7. The third-order valence-corrected chi connectivity index (χ3v) is 3.97. The lowest BCUT2D eigenvalue weighted by Crippen LogP contribution is -2.56. The molecule has 0 bridgehead atoms. The van der Waals surface area contributed by atoms with Gasteiger partial charge in [0.25, 0.3) is 0 Å². The molecule has 1 fully saturated rings. The molecule has 0 aromatic rings. The van der Waals surface area contributed by atoms with E-state index in [1.807, 2.05) is 11.8 Å². The van der Waals surface area contributed by atoms with E-state index < -0.39 is 0 Å². The fourth-order valence-corrected chi connectivity index (χ4v) is 3.15. The fraction of sp³-hybridized carbons (Fsp3) is 1.00. The lowest BCUT2D eigenvalue weighted by atomic mass is 10.0. The normalized spacial score (nSPS) is 27.0. The summed E-state index contributed by atoms with van der Waals surface area (Å²) in [7, 11) is 0. The Morgan fingerprint density at radius 2 is 2.24 bits per heavy atom. The monoisotopic (exact) mass is 260 g/mol. The van der Waals surface area contributed by atoms with Gasteiger partial charge in [-0.15, -0.1) is 0 Å². The van der Waals surface area contributed by atoms with Gasteiger partial charge in [-0.05, 0) is 45.6 Å². The Morgan fingerprint density at radius 1 is 1.53 bits per heavy atom. The standard InChI is InChI=1S/C13H28N2OS/c1-11-9-15(10-13(2,3)16-11)12(8-14)6-5-7-17-4/h11-12H,5-10,14H2,1-4H3. The Morgan fingerprint density at radius 3 is 2.76 bits per heavy atom. The lowest BCUT2D eigenvalue weighted by Gasteiger charge is -2.45. The molecular weight excluding hydrogens is 232 g/mol. The molecule has 0 aromatic carbocycles. The Labute approximate surface area is 110 Å². The number of hydrogen-bond acceptors (Lipinski definition) is 4. The van der Waals surface area contributed by atoms with Crippen LogP contribution >= 0.6 is 11.8 Å². The van der Waals surface area contributed by atoms with Crippen molar-refractivity contribution in [2.45, 2.75) is 51.4 Å². The third-order valence-electron chi connectivity index (χ3n) is 3.27. The maximum atomic E-state index is 5.94. The summed E-state index contributed by atoms with van der Waals surface area (Å²) in [5.41, 5.74) is 5.89. The van der Waals surface area contributed by atoms with Crippen molar-refractivity contribution in [1.82, 2.24) is 4.90 Å². The Hall–Kier alpha value is 0.230. The van der Waals surface area contributed by atoms with E-state index in [9.17, 15) is 0 Å². The maximum absolute atomic E-state index is 5.94. The second kappa shape index (κ2) is 6.98. The summed E-state index contributed by atoms with van der Waals surface area (Å²) >= 11 is 1.92. The molecule has 4 heteroatoms. The van der Waals surface area contributed by atoms with Gasteiger partial charge in [0.05, 0.1) is 11.7 Å². The fourth-order valence-electron chi connectivity index (χ4n) is 2.69. The van der Waals surface area contributed by atoms with Crippen molar-refractivity contribution in [3.63, 3.8) is 0 Å². The topological polar surface area (TPSA) is 38.5 Å². The number of nitrogens with two attached hydrogens (primary N) is 1. The highest BCUT2D eigenvalue weighted by molar-refractivity contribution is 7.98. The molecule has 0 amide bonds. The second-order valence-corrected chi connectivity index (χ2v) is 6.63. The Kier molecular flexibility index (Phi) is 6.27. The van der Waals surface area contributed by atoms with Crippen LogP contribution in [0.3, 0.4) is 0 Å². The zero-order valence-corrected chi connectivity index (χ0v) is 12.6. The van der Waals surface area contributed by atoms with Crippen LogP contribution in [-0.4, -0.2) is 54.3 Å². The van der Waals surface area contributed by atoms with E-state index in [0.717, 1.165) is 19.6 Å². The van der Waals surface area contributed by atoms with Crippen molar-refractivity contribution in [1.29, 1.82) is 0 Å². The number of hydrogen-bond donors (Lipinski definition) is 1. The van der Waals surface area contributed by atoms with Crippen LogP contribution in [0.25, 0.3) is 0 Å². The molecule has 0 aliphatic carbocycles. The van der Waals surface area contributed by atoms with Gasteiger partial charge >= 0.3 is 0 Å². The molecular formula is C13H28N2OS. The van der Waals surface area contributed by atoms with Gasteiger partial charge in [-0.3, -0.25) is 4.90 Å². The van der Waals surface area contributed by atoms with Crippen molar-refractivity contribution >= 4 is 11.8 Å². The molecule has 1 heterocycles. The lowest BCUT2D eigenvalue weighted by molar-refractivity contribution is -0.137. The zero-order chi connectivity index (χ0) is 12.9. The number of thioether (sulfide) groups is 1. The molecule has 102 valence electrons. The van der Waals surface area contributed by atoms with Gasteiger partial charge in [0.2, 0.25) is 0 Å². The molecule has 1 aliphatic rings. The van der Waals surface area contributed by atoms with Crippen molar-refractivity contribution in [2.75, 3.05) is 31.6 Å². The molecule has 0 aromatic heterocycles. The van der Waals surface area contributed by atoms with Crippen LogP contribution in [0.4, 0.5) is 0 Å². The number of nitrogens with zero attached hydrogens (tertiary/aromatic N) is 1. The molecule has 2 N–H and O–H groups in total. The molecule has 2 atom stereocenters. The molecule has 0 radical (unpaired) electrons. The average Bonchev–Trinajstić information content (AvgIpc) is 2.21. The SMILES string of the molecule is CSCCCC(CN)N1CC(C)OC(C)(C)C1. The first-order valence-corrected chi connectivity index (χ1v) is 7.99. The summed E-state index contributed by atoms with van der Waals surface area (Å²) in [4.78, 5) is 2.52. The van der Waals surface area contributed by atoms with Gasteiger partial charge in [0.15, 0.2) is 0 Å². The van der Waals surface area contributed by atoms with E-state index >= 15 is 0 Å². The first kappa shape index (κ1) is 15.3. The highest BCUT2D eigenvalue weighted by atomic mass is 32.2. The quantitative estimate of drug-likeness (QED) is 0.741. The largest absolute Gasteiger partial charge is 0.370 e. The first-order valence-electron chi connectivity index (χ1n) is 6.59. The van der Waals surface area contributed by atoms with Gasteiger partial charge in [-0.25, -0.2) is 0 Å². The number of morpholine rings is 1. The molecule has 2 unspecified atom stereocenters. The first-order chi connectivity index (χ1) is 7.98. The number of ether oxygens (including phenoxy) is 1. The minimum Gasteiger partial charge on any atom is -0.370 e. The van der Waals surface area contributed by atoms with Crippen LogP contribution in [-0.2, 0) is 4.74 Å². The molecule has 3 nitrogen and oxygen atoms in total.